The number of aryl methyl sites for hydroxylation is 1. The Hall–Kier alpha value is -2.73. The highest BCUT2D eigenvalue weighted by Gasteiger charge is 2.32. The van der Waals surface area contributed by atoms with Crippen LogP contribution in [-0.2, 0) is 10.0 Å². The number of hydrogen-bond donors (Lipinski definition) is 0. The number of methoxy groups -OCH3 is 1. The molecule has 0 saturated heterocycles. The van der Waals surface area contributed by atoms with Crippen molar-refractivity contribution in [1.29, 1.82) is 0 Å². The van der Waals surface area contributed by atoms with Crippen LogP contribution in [0.4, 0.5) is 0 Å². The van der Waals surface area contributed by atoms with Gasteiger partial charge in [-0.05, 0) is 13.0 Å². The smallest absolute Gasteiger partial charge is 0.283 e. The molecule has 24 heavy (non-hydrogen) atoms. The fourth-order valence-corrected chi connectivity index (χ4v) is 4.26. The summed E-state index contributed by atoms with van der Waals surface area (Å²) < 4.78 is 34.2. The van der Waals surface area contributed by atoms with Gasteiger partial charge in [-0.2, -0.15) is 12.8 Å². The highest BCUT2D eigenvalue weighted by molar-refractivity contribution is 7.90. The van der Waals surface area contributed by atoms with E-state index in [1.54, 1.807) is 31.4 Å². The van der Waals surface area contributed by atoms with Gasteiger partial charge in [0, 0.05) is 22.0 Å². The SMILES string of the molecule is COc1c(C2=NS(=O)(=O)c3ccccc32)nc(C)c2ccccc12. The van der Waals surface area contributed by atoms with Crippen LogP contribution in [0.25, 0.3) is 10.8 Å². The molecule has 2 heterocycles. The topological polar surface area (TPSA) is 68.6 Å². The molecule has 1 aliphatic rings. The van der Waals surface area contributed by atoms with Gasteiger partial charge in [0.15, 0.2) is 5.75 Å². The largest absolute Gasteiger partial charge is 0.494 e. The predicted octanol–water partition coefficient (Wildman–Crippen LogP) is 3.09. The third-order valence-electron chi connectivity index (χ3n) is 4.12. The number of aromatic nitrogens is 1. The zero-order chi connectivity index (χ0) is 16.9. The summed E-state index contributed by atoms with van der Waals surface area (Å²) in [5, 5.41) is 1.85. The number of benzene rings is 2. The lowest BCUT2D eigenvalue weighted by Crippen LogP contribution is -2.08. The van der Waals surface area contributed by atoms with Crippen LogP contribution in [0.3, 0.4) is 0 Å². The molecule has 0 saturated carbocycles. The van der Waals surface area contributed by atoms with Gasteiger partial charge in [-0.1, -0.05) is 42.5 Å². The van der Waals surface area contributed by atoms with Crippen molar-refractivity contribution in [2.75, 3.05) is 7.11 Å². The lowest BCUT2D eigenvalue weighted by molar-refractivity contribution is 0.417. The quantitative estimate of drug-likeness (QED) is 0.720. The number of nitrogens with zero attached hydrogens (tertiary/aromatic N) is 2. The Morgan fingerprint density at radius 3 is 2.38 bits per heavy atom. The van der Waals surface area contributed by atoms with Crippen molar-refractivity contribution in [3.63, 3.8) is 0 Å². The van der Waals surface area contributed by atoms with E-state index in [0.29, 0.717) is 22.7 Å². The molecule has 1 aliphatic heterocycles. The van der Waals surface area contributed by atoms with E-state index in [1.807, 2.05) is 31.2 Å². The van der Waals surface area contributed by atoms with Gasteiger partial charge >= 0.3 is 0 Å². The van der Waals surface area contributed by atoms with Crippen molar-refractivity contribution in [1.82, 2.24) is 4.98 Å². The van der Waals surface area contributed by atoms with E-state index >= 15 is 0 Å². The molecule has 0 unspecified atom stereocenters. The molecule has 120 valence electrons. The Balaban J connectivity index is 2.09. The van der Waals surface area contributed by atoms with Crippen LogP contribution in [0.15, 0.2) is 57.8 Å². The summed E-state index contributed by atoms with van der Waals surface area (Å²) in [7, 11) is -2.15. The van der Waals surface area contributed by atoms with Crippen molar-refractivity contribution < 1.29 is 13.2 Å². The summed E-state index contributed by atoms with van der Waals surface area (Å²) in [5.41, 5.74) is 2.13. The average Bonchev–Trinajstić information content (AvgIpc) is 2.87. The van der Waals surface area contributed by atoms with Gasteiger partial charge in [0.05, 0.1) is 12.0 Å². The first-order valence-corrected chi connectivity index (χ1v) is 8.85. The van der Waals surface area contributed by atoms with Crippen LogP contribution >= 0.6 is 0 Å². The van der Waals surface area contributed by atoms with Crippen molar-refractivity contribution in [3.8, 4) is 5.75 Å². The standard InChI is InChI=1S/C18H14N2O3S/c1-11-12-7-3-4-8-13(12)18(23-2)17(19-11)16-14-9-5-6-10-15(14)24(21,22)20-16/h3-10H,1-2H3. The lowest BCUT2D eigenvalue weighted by atomic mass is 10.0. The summed E-state index contributed by atoms with van der Waals surface area (Å²) in [6.45, 7) is 1.89. The molecule has 4 rings (SSSR count). The minimum atomic E-state index is -3.70. The molecule has 0 amide bonds. The number of sulfonamides is 1. The third kappa shape index (κ3) is 2.03. The van der Waals surface area contributed by atoms with E-state index in [0.717, 1.165) is 16.5 Å². The second-order valence-electron chi connectivity index (χ2n) is 5.54. The zero-order valence-electron chi connectivity index (χ0n) is 13.1. The van der Waals surface area contributed by atoms with Crippen molar-refractivity contribution in [2.24, 2.45) is 4.40 Å². The molecule has 5 nitrogen and oxygen atoms in total. The number of ether oxygens (including phenoxy) is 1. The van der Waals surface area contributed by atoms with Crippen molar-refractivity contribution in [2.45, 2.75) is 11.8 Å². The van der Waals surface area contributed by atoms with Crippen LogP contribution in [0, 0.1) is 6.92 Å². The van der Waals surface area contributed by atoms with E-state index in [2.05, 4.69) is 9.38 Å². The van der Waals surface area contributed by atoms with Crippen molar-refractivity contribution >= 4 is 26.5 Å². The third-order valence-corrected chi connectivity index (χ3v) is 5.45. The molecular formula is C18H14N2O3S. The van der Waals surface area contributed by atoms with Crippen LogP contribution in [-0.4, -0.2) is 26.2 Å². The van der Waals surface area contributed by atoms with Crippen LogP contribution < -0.4 is 4.74 Å². The monoisotopic (exact) mass is 338 g/mol. The van der Waals surface area contributed by atoms with Gasteiger partial charge in [-0.15, -0.1) is 0 Å². The average molecular weight is 338 g/mol. The highest BCUT2D eigenvalue weighted by Crippen LogP contribution is 2.36. The maximum Gasteiger partial charge on any atom is 0.283 e. The van der Waals surface area contributed by atoms with E-state index < -0.39 is 10.0 Å². The number of pyridine rings is 1. The maximum atomic E-state index is 12.3. The second-order valence-corrected chi connectivity index (χ2v) is 7.11. The molecule has 1 aromatic heterocycles. The highest BCUT2D eigenvalue weighted by atomic mass is 32.2. The Morgan fingerprint density at radius 2 is 1.62 bits per heavy atom. The number of fused-ring (bicyclic) bond motifs is 2. The molecule has 0 aliphatic carbocycles. The second kappa shape index (κ2) is 5.14. The van der Waals surface area contributed by atoms with Gasteiger partial charge in [-0.25, -0.2) is 4.98 Å². The number of rotatable bonds is 2. The molecular weight excluding hydrogens is 324 g/mol. The van der Waals surface area contributed by atoms with Gasteiger partial charge in [0.2, 0.25) is 0 Å². The first-order valence-electron chi connectivity index (χ1n) is 7.41. The van der Waals surface area contributed by atoms with Gasteiger partial charge in [0.25, 0.3) is 10.0 Å². The number of hydrogen-bond acceptors (Lipinski definition) is 4. The van der Waals surface area contributed by atoms with Gasteiger partial charge in [0.1, 0.15) is 11.4 Å². The summed E-state index contributed by atoms with van der Waals surface area (Å²) in [5.74, 6) is 0.529. The fraction of sp³-hybridized carbons (Fsp3) is 0.111. The molecule has 0 fully saturated rings. The molecule has 0 bridgehead atoms. The summed E-state index contributed by atoms with van der Waals surface area (Å²) in [4.78, 5) is 4.80. The Kier molecular flexibility index (Phi) is 3.18. The van der Waals surface area contributed by atoms with E-state index in [4.69, 9.17) is 4.74 Å². The van der Waals surface area contributed by atoms with Crippen LogP contribution in [0.5, 0.6) is 5.75 Å². The molecule has 3 aromatic rings. The van der Waals surface area contributed by atoms with Crippen molar-refractivity contribution in [3.05, 3.63) is 65.5 Å². The summed E-state index contributed by atoms with van der Waals surface area (Å²) >= 11 is 0. The van der Waals surface area contributed by atoms with Gasteiger partial charge < -0.3 is 4.74 Å². The molecule has 0 radical (unpaired) electrons. The Morgan fingerprint density at radius 1 is 0.958 bits per heavy atom. The van der Waals surface area contributed by atoms with Crippen LogP contribution in [0.1, 0.15) is 17.0 Å². The van der Waals surface area contributed by atoms with Crippen LogP contribution in [0.2, 0.25) is 0 Å². The van der Waals surface area contributed by atoms with E-state index in [1.165, 1.54) is 0 Å². The summed E-state index contributed by atoms with van der Waals surface area (Å²) in [6, 6.07) is 14.5. The first kappa shape index (κ1) is 14.8. The molecule has 0 N–H and O–H groups in total. The Bertz CT molecular complexity index is 1120. The molecule has 6 heteroatoms. The maximum absolute atomic E-state index is 12.3. The predicted molar refractivity (Wildman–Crippen MR) is 92.3 cm³/mol. The molecule has 0 spiro atoms. The van der Waals surface area contributed by atoms with E-state index in [9.17, 15) is 8.42 Å². The fourth-order valence-electron chi connectivity index (χ4n) is 3.05. The zero-order valence-corrected chi connectivity index (χ0v) is 14.0. The molecule has 2 aromatic carbocycles. The molecule has 0 atom stereocenters. The van der Waals surface area contributed by atoms with E-state index in [-0.39, 0.29) is 4.90 Å². The normalized spacial score (nSPS) is 15.2. The lowest BCUT2D eigenvalue weighted by Gasteiger charge is -2.13. The first-order chi connectivity index (χ1) is 11.5. The minimum Gasteiger partial charge on any atom is -0.494 e. The minimum absolute atomic E-state index is 0.203. The summed E-state index contributed by atoms with van der Waals surface area (Å²) in [6.07, 6.45) is 0. The van der Waals surface area contributed by atoms with Gasteiger partial charge in [-0.3, -0.25) is 0 Å². The Labute approximate surface area is 139 Å².